The van der Waals surface area contributed by atoms with E-state index in [1.165, 1.54) is 4.90 Å². The minimum Gasteiger partial charge on any atom is -0.481 e. The molecule has 1 atom stereocenters. The summed E-state index contributed by atoms with van der Waals surface area (Å²) in [6.45, 7) is 1.64. The number of carboxylic acid groups (broad SMARTS) is 1. The van der Waals surface area contributed by atoms with Crippen LogP contribution >= 0.6 is 0 Å². The van der Waals surface area contributed by atoms with E-state index >= 15 is 0 Å². The molecule has 1 aromatic rings. The second-order valence-corrected chi connectivity index (χ2v) is 7.63. The monoisotopic (exact) mass is 371 g/mol. The number of rotatable bonds is 4. The molecule has 3 aliphatic rings. The molecule has 0 radical (unpaired) electrons. The van der Waals surface area contributed by atoms with Gasteiger partial charge in [-0.1, -0.05) is 12.1 Å². The van der Waals surface area contributed by atoms with Gasteiger partial charge >= 0.3 is 5.97 Å². The lowest BCUT2D eigenvalue weighted by atomic mass is 9.80. The van der Waals surface area contributed by atoms with E-state index in [1.54, 1.807) is 29.2 Å². The van der Waals surface area contributed by atoms with Crippen molar-refractivity contribution in [2.24, 2.45) is 5.92 Å². The van der Waals surface area contributed by atoms with E-state index in [2.05, 4.69) is 5.32 Å². The van der Waals surface area contributed by atoms with E-state index in [4.69, 9.17) is 5.11 Å². The van der Waals surface area contributed by atoms with Crippen LogP contribution in [-0.4, -0.2) is 51.9 Å². The third-order valence-electron chi connectivity index (χ3n) is 5.90. The van der Waals surface area contributed by atoms with Gasteiger partial charge in [-0.25, -0.2) is 0 Å². The fourth-order valence-corrected chi connectivity index (χ4v) is 4.30. The molecule has 2 fully saturated rings. The highest BCUT2D eigenvalue weighted by Crippen LogP contribution is 2.43. The quantitative estimate of drug-likeness (QED) is 0.820. The van der Waals surface area contributed by atoms with Gasteiger partial charge in [0.05, 0.1) is 17.2 Å². The number of amides is 3. The van der Waals surface area contributed by atoms with Gasteiger partial charge in [0, 0.05) is 12.5 Å². The number of carbonyl (C=O) groups excluding carboxylic acids is 3. The fraction of sp³-hybridized carbons (Fsp3) is 0.474. The molecule has 2 aliphatic heterocycles. The SMILES string of the molecule is CC12CCC(=O)N1c1ccccc1C(=O)N2CC(=O)NC1CC(C(=O)O)C1. The third-order valence-corrected chi connectivity index (χ3v) is 5.90. The number of fused-ring (bicyclic) bond motifs is 3. The summed E-state index contributed by atoms with van der Waals surface area (Å²) in [5.74, 6) is -1.94. The highest BCUT2D eigenvalue weighted by atomic mass is 16.4. The zero-order valence-corrected chi connectivity index (χ0v) is 15.0. The van der Waals surface area contributed by atoms with Crippen molar-refractivity contribution < 1.29 is 24.3 Å². The van der Waals surface area contributed by atoms with Crippen LogP contribution in [0.25, 0.3) is 0 Å². The number of hydrogen-bond donors (Lipinski definition) is 2. The first-order valence-electron chi connectivity index (χ1n) is 9.07. The van der Waals surface area contributed by atoms with Gasteiger partial charge in [-0.3, -0.25) is 24.1 Å². The summed E-state index contributed by atoms with van der Waals surface area (Å²) < 4.78 is 0. The average molecular weight is 371 g/mol. The fourth-order valence-electron chi connectivity index (χ4n) is 4.30. The van der Waals surface area contributed by atoms with Crippen molar-refractivity contribution in [2.45, 2.75) is 44.3 Å². The summed E-state index contributed by atoms with van der Waals surface area (Å²) in [6, 6.07) is 6.76. The first-order chi connectivity index (χ1) is 12.8. The lowest BCUT2D eigenvalue weighted by Crippen LogP contribution is -2.64. The molecule has 1 saturated carbocycles. The van der Waals surface area contributed by atoms with E-state index in [0.29, 0.717) is 36.9 Å². The molecular weight excluding hydrogens is 350 g/mol. The van der Waals surface area contributed by atoms with Gasteiger partial charge in [0.25, 0.3) is 5.91 Å². The lowest BCUT2D eigenvalue weighted by Gasteiger charge is -2.48. The van der Waals surface area contributed by atoms with E-state index in [1.807, 2.05) is 6.92 Å². The molecule has 1 aromatic carbocycles. The Kier molecular flexibility index (Phi) is 3.94. The maximum absolute atomic E-state index is 13.0. The number of nitrogens with one attached hydrogen (secondary N) is 1. The number of benzene rings is 1. The van der Waals surface area contributed by atoms with Gasteiger partial charge < -0.3 is 15.3 Å². The smallest absolute Gasteiger partial charge is 0.306 e. The molecule has 8 heteroatoms. The van der Waals surface area contributed by atoms with E-state index < -0.39 is 17.6 Å². The molecule has 27 heavy (non-hydrogen) atoms. The van der Waals surface area contributed by atoms with Crippen molar-refractivity contribution in [3.8, 4) is 0 Å². The Labute approximate surface area is 156 Å². The summed E-state index contributed by atoms with van der Waals surface area (Å²) in [5, 5.41) is 11.7. The van der Waals surface area contributed by atoms with E-state index in [0.717, 1.165) is 0 Å². The highest BCUT2D eigenvalue weighted by molar-refractivity contribution is 6.11. The maximum Gasteiger partial charge on any atom is 0.306 e. The Bertz CT molecular complexity index is 848. The summed E-state index contributed by atoms with van der Waals surface area (Å²) in [7, 11) is 0. The maximum atomic E-state index is 13.0. The van der Waals surface area contributed by atoms with Crippen LogP contribution in [0.15, 0.2) is 24.3 Å². The third kappa shape index (κ3) is 2.67. The number of aliphatic carboxylic acids is 1. The normalized spacial score (nSPS) is 29.1. The summed E-state index contributed by atoms with van der Waals surface area (Å²) in [5.41, 5.74) is 0.128. The predicted molar refractivity (Wildman–Crippen MR) is 94.9 cm³/mol. The van der Waals surface area contributed by atoms with Crippen molar-refractivity contribution in [1.82, 2.24) is 10.2 Å². The van der Waals surface area contributed by atoms with Crippen molar-refractivity contribution in [1.29, 1.82) is 0 Å². The van der Waals surface area contributed by atoms with Gasteiger partial charge in [-0.15, -0.1) is 0 Å². The second-order valence-electron chi connectivity index (χ2n) is 7.63. The van der Waals surface area contributed by atoms with Crippen molar-refractivity contribution in [3.05, 3.63) is 29.8 Å². The number of hydrogen-bond acceptors (Lipinski definition) is 4. The van der Waals surface area contributed by atoms with Crippen LogP contribution in [0, 0.1) is 5.92 Å². The molecule has 0 spiro atoms. The topological polar surface area (TPSA) is 107 Å². The zero-order valence-electron chi connectivity index (χ0n) is 15.0. The van der Waals surface area contributed by atoms with Gasteiger partial charge in [0.1, 0.15) is 12.2 Å². The number of carboxylic acids is 1. The van der Waals surface area contributed by atoms with Crippen LogP contribution in [0.4, 0.5) is 5.69 Å². The Hall–Kier alpha value is -2.90. The number of para-hydroxylation sites is 1. The highest BCUT2D eigenvalue weighted by Gasteiger charge is 2.53. The van der Waals surface area contributed by atoms with Gasteiger partial charge in [-0.05, 0) is 38.3 Å². The molecule has 2 heterocycles. The molecule has 1 unspecified atom stereocenters. The largest absolute Gasteiger partial charge is 0.481 e. The molecule has 8 nitrogen and oxygen atoms in total. The molecule has 2 N–H and O–H groups in total. The van der Waals surface area contributed by atoms with Crippen LogP contribution in [0.5, 0.6) is 0 Å². The molecule has 1 saturated heterocycles. The average Bonchev–Trinajstić information content (AvgIpc) is 2.90. The van der Waals surface area contributed by atoms with Crippen molar-refractivity contribution >= 4 is 29.4 Å². The van der Waals surface area contributed by atoms with Gasteiger partial charge in [-0.2, -0.15) is 0 Å². The number of carbonyl (C=O) groups is 4. The summed E-state index contributed by atoms with van der Waals surface area (Å²) in [4.78, 5) is 52.0. The van der Waals surface area contributed by atoms with Gasteiger partial charge in [0.15, 0.2) is 0 Å². The molecule has 142 valence electrons. The number of nitrogens with zero attached hydrogens (tertiary/aromatic N) is 2. The minimum atomic E-state index is -0.872. The molecular formula is C19H21N3O5. The molecule has 0 aromatic heterocycles. The van der Waals surface area contributed by atoms with E-state index in [-0.39, 0.29) is 30.3 Å². The van der Waals surface area contributed by atoms with E-state index in [9.17, 15) is 19.2 Å². The molecule has 0 bridgehead atoms. The van der Waals surface area contributed by atoms with Crippen LogP contribution in [-0.2, 0) is 14.4 Å². The minimum absolute atomic E-state index is 0.0637. The van der Waals surface area contributed by atoms with Crippen LogP contribution in [0.1, 0.15) is 43.0 Å². The Morgan fingerprint density at radius 3 is 2.67 bits per heavy atom. The summed E-state index contributed by atoms with van der Waals surface area (Å²) in [6.07, 6.45) is 1.59. The first kappa shape index (κ1) is 17.5. The second kappa shape index (κ2) is 6.07. The van der Waals surface area contributed by atoms with Crippen molar-refractivity contribution in [3.63, 3.8) is 0 Å². The standard InChI is InChI=1S/C19H21N3O5/c1-19-7-6-16(24)22(19)14-5-3-2-4-13(14)17(25)21(19)10-15(23)20-12-8-11(9-12)18(26)27/h2-5,11-12H,6-10H2,1H3,(H,20,23)(H,26,27). The molecule has 1 aliphatic carbocycles. The Morgan fingerprint density at radius 1 is 1.26 bits per heavy atom. The van der Waals surface area contributed by atoms with Crippen LogP contribution < -0.4 is 10.2 Å². The van der Waals surface area contributed by atoms with Crippen LogP contribution in [0.3, 0.4) is 0 Å². The Balaban J connectivity index is 1.54. The molecule has 4 rings (SSSR count). The van der Waals surface area contributed by atoms with Gasteiger partial charge in [0.2, 0.25) is 11.8 Å². The van der Waals surface area contributed by atoms with Crippen LogP contribution in [0.2, 0.25) is 0 Å². The predicted octanol–water partition coefficient (Wildman–Crippen LogP) is 0.965. The lowest BCUT2D eigenvalue weighted by molar-refractivity contribution is -0.146. The first-order valence-corrected chi connectivity index (χ1v) is 9.07. The Morgan fingerprint density at radius 2 is 1.96 bits per heavy atom. The number of anilines is 1. The zero-order chi connectivity index (χ0) is 19.3. The molecule has 3 amide bonds. The summed E-state index contributed by atoms with van der Waals surface area (Å²) >= 11 is 0. The van der Waals surface area contributed by atoms with Crippen molar-refractivity contribution in [2.75, 3.05) is 11.4 Å².